The van der Waals surface area contributed by atoms with Gasteiger partial charge in [-0.25, -0.2) is 0 Å². The molecule has 0 spiro atoms. The van der Waals surface area contributed by atoms with Crippen molar-refractivity contribution in [2.45, 2.75) is 12.2 Å². The van der Waals surface area contributed by atoms with Gasteiger partial charge in [0.25, 0.3) is 0 Å². The van der Waals surface area contributed by atoms with Gasteiger partial charge in [-0.1, -0.05) is 11.6 Å². The van der Waals surface area contributed by atoms with Crippen LogP contribution in [0.2, 0.25) is 5.02 Å². The summed E-state index contributed by atoms with van der Waals surface area (Å²) < 4.78 is 38.4. The van der Waals surface area contributed by atoms with Crippen molar-refractivity contribution < 1.29 is 18.3 Å². The van der Waals surface area contributed by atoms with Crippen LogP contribution in [0.15, 0.2) is 18.2 Å². The molecule has 0 amide bonds. The lowest BCUT2D eigenvalue weighted by Crippen LogP contribution is -2.46. The first-order valence-electron chi connectivity index (χ1n) is 6.35. The molecule has 0 saturated carbocycles. The Hall–Kier alpha value is -0.820. The topological polar surface area (TPSA) is 35.5 Å². The third kappa shape index (κ3) is 3.63. The summed E-state index contributed by atoms with van der Waals surface area (Å²) in [7, 11) is 0. The summed E-state index contributed by atoms with van der Waals surface area (Å²) in [6, 6.07) is 2.99. The van der Waals surface area contributed by atoms with Crippen LogP contribution in [-0.2, 0) is 6.18 Å². The zero-order chi connectivity index (χ0) is 14.8. The minimum atomic E-state index is -4.44. The maximum atomic E-state index is 12.8. The Morgan fingerprint density at radius 3 is 2.45 bits per heavy atom. The average Bonchev–Trinajstić information content (AvgIpc) is 2.39. The molecule has 0 radical (unpaired) electrons. The third-order valence-corrected chi connectivity index (χ3v) is 3.62. The Labute approximate surface area is 120 Å². The second kappa shape index (κ2) is 6.30. The Balaban J connectivity index is 2.31. The fourth-order valence-electron chi connectivity index (χ4n) is 2.39. The molecule has 3 nitrogen and oxygen atoms in total. The minimum Gasteiger partial charge on any atom is -0.394 e. The lowest BCUT2D eigenvalue weighted by atomic mass is 10.0. The van der Waals surface area contributed by atoms with Crippen molar-refractivity contribution in [3.05, 3.63) is 34.3 Å². The van der Waals surface area contributed by atoms with Crippen molar-refractivity contribution in [1.29, 1.82) is 0 Å². The summed E-state index contributed by atoms with van der Waals surface area (Å²) >= 11 is 5.78. The van der Waals surface area contributed by atoms with E-state index < -0.39 is 17.8 Å². The van der Waals surface area contributed by atoms with Crippen LogP contribution in [-0.4, -0.2) is 42.8 Å². The van der Waals surface area contributed by atoms with Crippen LogP contribution in [0.4, 0.5) is 13.2 Å². The maximum Gasteiger partial charge on any atom is 0.416 e. The molecule has 1 heterocycles. The van der Waals surface area contributed by atoms with Crippen molar-refractivity contribution in [3.8, 4) is 0 Å². The number of hydrogen-bond acceptors (Lipinski definition) is 3. The van der Waals surface area contributed by atoms with E-state index in [9.17, 15) is 18.3 Å². The fraction of sp³-hybridized carbons (Fsp3) is 0.538. The molecule has 7 heteroatoms. The monoisotopic (exact) mass is 308 g/mol. The van der Waals surface area contributed by atoms with Crippen LogP contribution in [0.3, 0.4) is 0 Å². The van der Waals surface area contributed by atoms with Crippen LogP contribution >= 0.6 is 11.6 Å². The molecular formula is C13H16ClF3N2O. The zero-order valence-electron chi connectivity index (χ0n) is 10.8. The molecule has 2 rings (SSSR count). The third-order valence-electron chi connectivity index (χ3n) is 3.40. The second-order valence-electron chi connectivity index (χ2n) is 4.76. The smallest absolute Gasteiger partial charge is 0.394 e. The van der Waals surface area contributed by atoms with Gasteiger partial charge in [-0.05, 0) is 23.8 Å². The number of halogens is 4. The normalized spacial score (nSPS) is 19.1. The van der Waals surface area contributed by atoms with E-state index in [1.54, 1.807) is 0 Å². The quantitative estimate of drug-likeness (QED) is 0.899. The number of nitrogens with zero attached hydrogens (tertiary/aromatic N) is 1. The van der Waals surface area contributed by atoms with E-state index in [1.807, 2.05) is 4.90 Å². The van der Waals surface area contributed by atoms with Crippen molar-refractivity contribution in [2.24, 2.45) is 0 Å². The second-order valence-corrected chi connectivity index (χ2v) is 5.19. The van der Waals surface area contributed by atoms with Gasteiger partial charge in [0.15, 0.2) is 0 Å². The van der Waals surface area contributed by atoms with E-state index in [4.69, 9.17) is 11.6 Å². The first-order valence-corrected chi connectivity index (χ1v) is 6.73. The number of hydrogen-bond donors (Lipinski definition) is 2. The Morgan fingerprint density at radius 1 is 1.25 bits per heavy atom. The number of aliphatic hydroxyl groups is 1. The summed E-state index contributed by atoms with van der Waals surface area (Å²) in [5.41, 5.74) is -0.386. The minimum absolute atomic E-state index is 0.0309. The van der Waals surface area contributed by atoms with Gasteiger partial charge in [-0.2, -0.15) is 13.2 Å². The summed E-state index contributed by atoms with van der Waals surface area (Å²) in [6.07, 6.45) is -4.44. The van der Waals surface area contributed by atoms with Crippen molar-refractivity contribution >= 4 is 11.6 Å². The molecule has 1 fully saturated rings. The zero-order valence-corrected chi connectivity index (χ0v) is 11.5. The molecule has 1 aliphatic heterocycles. The molecule has 0 bridgehead atoms. The van der Waals surface area contributed by atoms with Gasteiger partial charge in [-0.3, -0.25) is 4.90 Å². The summed E-state index contributed by atoms with van der Waals surface area (Å²) in [4.78, 5) is 1.96. The van der Waals surface area contributed by atoms with Gasteiger partial charge in [0.1, 0.15) is 0 Å². The van der Waals surface area contributed by atoms with Crippen LogP contribution in [0, 0.1) is 0 Å². The molecule has 112 valence electrons. The molecule has 2 N–H and O–H groups in total. The molecule has 1 atom stereocenters. The number of piperazine rings is 1. The first kappa shape index (κ1) is 15.6. The molecule has 20 heavy (non-hydrogen) atoms. The van der Waals surface area contributed by atoms with Crippen LogP contribution in [0.5, 0.6) is 0 Å². The Bertz CT molecular complexity index is 461. The number of aliphatic hydroxyl groups excluding tert-OH is 1. The van der Waals surface area contributed by atoms with Crippen LogP contribution in [0.25, 0.3) is 0 Å². The molecule has 1 saturated heterocycles. The van der Waals surface area contributed by atoms with Gasteiger partial charge in [0.2, 0.25) is 0 Å². The van der Waals surface area contributed by atoms with Gasteiger partial charge < -0.3 is 10.4 Å². The molecule has 1 aromatic carbocycles. The van der Waals surface area contributed by atoms with Crippen LogP contribution < -0.4 is 5.32 Å². The number of nitrogens with one attached hydrogen (secondary N) is 1. The lowest BCUT2D eigenvalue weighted by Gasteiger charge is -2.34. The SMILES string of the molecule is OC[C@@H](c1cc(Cl)cc(C(F)(F)F)c1)N1CCNCC1. The Morgan fingerprint density at radius 2 is 1.90 bits per heavy atom. The van der Waals surface area contributed by atoms with Crippen molar-refractivity contribution in [1.82, 2.24) is 10.2 Å². The van der Waals surface area contributed by atoms with E-state index in [-0.39, 0.29) is 11.6 Å². The molecule has 0 aromatic heterocycles. The Kier molecular flexibility index (Phi) is 4.90. The fourth-order valence-corrected chi connectivity index (χ4v) is 2.64. The highest BCUT2D eigenvalue weighted by atomic mass is 35.5. The van der Waals surface area contributed by atoms with E-state index in [1.165, 1.54) is 6.07 Å². The van der Waals surface area contributed by atoms with Crippen molar-refractivity contribution in [2.75, 3.05) is 32.8 Å². The van der Waals surface area contributed by atoms with Crippen LogP contribution in [0.1, 0.15) is 17.2 Å². The lowest BCUT2D eigenvalue weighted by molar-refractivity contribution is -0.137. The molecule has 0 aliphatic carbocycles. The summed E-state index contributed by atoms with van der Waals surface area (Å²) in [5.74, 6) is 0. The van der Waals surface area contributed by atoms with E-state index >= 15 is 0 Å². The van der Waals surface area contributed by atoms with E-state index in [2.05, 4.69) is 5.32 Å². The number of alkyl halides is 3. The van der Waals surface area contributed by atoms with E-state index in [0.29, 0.717) is 18.7 Å². The highest BCUT2D eigenvalue weighted by Crippen LogP contribution is 2.34. The van der Waals surface area contributed by atoms with Crippen molar-refractivity contribution in [3.63, 3.8) is 0 Å². The average molecular weight is 309 g/mol. The number of benzene rings is 1. The summed E-state index contributed by atoms with van der Waals surface area (Å²) in [5, 5.41) is 12.7. The van der Waals surface area contributed by atoms with Gasteiger partial charge in [0.05, 0.1) is 18.2 Å². The predicted molar refractivity (Wildman–Crippen MR) is 70.7 cm³/mol. The van der Waals surface area contributed by atoms with E-state index in [0.717, 1.165) is 25.2 Å². The molecule has 0 unspecified atom stereocenters. The number of rotatable bonds is 3. The predicted octanol–water partition coefficient (Wildman–Crippen LogP) is 2.30. The standard InChI is InChI=1S/C13H16ClF3N2O/c14-11-6-9(5-10(7-11)13(15,16)17)12(8-20)19-3-1-18-2-4-19/h5-7,12,18,20H,1-4,8H2/t12-/m0/s1. The largest absolute Gasteiger partial charge is 0.416 e. The van der Waals surface area contributed by atoms with Gasteiger partial charge >= 0.3 is 6.18 Å². The highest BCUT2D eigenvalue weighted by Gasteiger charge is 2.32. The highest BCUT2D eigenvalue weighted by molar-refractivity contribution is 6.30. The van der Waals surface area contributed by atoms with Gasteiger partial charge in [0, 0.05) is 31.2 Å². The van der Waals surface area contributed by atoms with Gasteiger partial charge in [-0.15, -0.1) is 0 Å². The first-order chi connectivity index (χ1) is 9.41. The molecular weight excluding hydrogens is 293 g/mol. The molecule has 1 aromatic rings. The summed E-state index contributed by atoms with van der Waals surface area (Å²) in [6.45, 7) is 2.63. The molecule has 1 aliphatic rings. The maximum absolute atomic E-state index is 12.8.